The number of benzene rings is 3. The van der Waals surface area contributed by atoms with Crippen LogP contribution in [0.5, 0.6) is 0 Å². The lowest BCUT2D eigenvalue weighted by molar-refractivity contribution is 0.0635. The molecule has 3 aromatic rings. The van der Waals surface area contributed by atoms with Crippen LogP contribution >= 0.6 is 0 Å². The van der Waals surface area contributed by atoms with Gasteiger partial charge in [-0.05, 0) is 99.3 Å². The van der Waals surface area contributed by atoms with Crippen LogP contribution < -0.4 is 10.6 Å². The van der Waals surface area contributed by atoms with E-state index in [4.69, 9.17) is 4.74 Å². The summed E-state index contributed by atoms with van der Waals surface area (Å²) >= 11 is 0. The summed E-state index contributed by atoms with van der Waals surface area (Å²) in [6.07, 6.45) is 7.54. The molecule has 0 radical (unpaired) electrons. The molecule has 9 heteroatoms. The molecule has 2 atom stereocenters. The Morgan fingerprint density at radius 1 is 0.977 bits per heavy atom. The van der Waals surface area contributed by atoms with Crippen LogP contribution in [0, 0.1) is 5.82 Å². The monoisotopic (exact) mass is 601 g/mol. The smallest absolute Gasteiger partial charge is 0.412 e. The van der Waals surface area contributed by atoms with Crippen molar-refractivity contribution in [3.63, 3.8) is 0 Å². The van der Waals surface area contributed by atoms with Gasteiger partial charge < -0.3 is 10.1 Å². The molecule has 1 aliphatic heterocycles. The number of nitrogens with zero attached hydrogens (tertiary/aromatic N) is 1. The van der Waals surface area contributed by atoms with Crippen molar-refractivity contribution in [3.8, 4) is 11.1 Å². The molecule has 1 aliphatic rings. The van der Waals surface area contributed by atoms with E-state index in [1.165, 1.54) is 12.1 Å². The van der Waals surface area contributed by atoms with Gasteiger partial charge in [0.1, 0.15) is 11.4 Å². The first-order valence-corrected chi connectivity index (χ1v) is 15.6. The summed E-state index contributed by atoms with van der Waals surface area (Å²) in [7, 11) is -2.64. The Balaban J connectivity index is 1.57. The molecule has 4 rings (SSSR count). The highest BCUT2D eigenvalue weighted by molar-refractivity contribution is 7.93. The third kappa shape index (κ3) is 8.29. The van der Waals surface area contributed by atoms with E-state index in [1.807, 2.05) is 31.2 Å². The zero-order valence-corrected chi connectivity index (χ0v) is 25.5. The van der Waals surface area contributed by atoms with Gasteiger partial charge in [0.2, 0.25) is 0 Å². The third-order valence-corrected chi connectivity index (χ3v) is 8.97. The fourth-order valence-corrected chi connectivity index (χ4v) is 6.64. The number of ether oxygens (including phenoxy) is 1. The highest BCUT2D eigenvalue weighted by Crippen LogP contribution is 2.31. The van der Waals surface area contributed by atoms with Crippen molar-refractivity contribution in [2.24, 2.45) is 4.36 Å². The number of carbonyl (C=O) groups excluding carboxylic acids is 2. The minimum Gasteiger partial charge on any atom is -0.444 e. The first-order chi connectivity index (χ1) is 20.4. The van der Waals surface area contributed by atoms with Gasteiger partial charge >= 0.3 is 6.09 Å². The van der Waals surface area contributed by atoms with Gasteiger partial charge in [-0.2, -0.15) is 0 Å². The quantitative estimate of drug-likeness (QED) is 0.254. The van der Waals surface area contributed by atoms with Crippen molar-refractivity contribution < 1.29 is 22.9 Å². The minimum atomic E-state index is -2.64. The number of hydrogen-bond acceptors (Lipinski definition) is 5. The second kappa shape index (κ2) is 13.2. The molecule has 0 fully saturated rings. The number of carbonyl (C=O) groups is 2. The summed E-state index contributed by atoms with van der Waals surface area (Å²) in [5.74, 6) is -0.387. The maximum Gasteiger partial charge on any atom is 0.412 e. The van der Waals surface area contributed by atoms with Crippen molar-refractivity contribution in [1.82, 2.24) is 0 Å². The van der Waals surface area contributed by atoms with E-state index in [2.05, 4.69) is 21.6 Å². The molecule has 1 unspecified atom stereocenters. The van der Waals surface area contributed by atoms with Crippen LogP contribution in [0.15, 0.2) is 112 Å². The van der Waals surface area contributed by atoms with Crippen LogP contribution in [0.2, 0.25) is 0 Å². The summed E-state index contributed by atoms with van der Waals surface area (Å²) in [5.41, 5.74) is 2.50. The molecule has 0 aliphatic carbocycles. The van der Waals surface area contributed by atoms with E-state index < -0.39 is 27.3 Å². The van der Waals surface area contributed by atoms with Gasteiger partial charge in [0.25, 0.3) is 5.91 Å². The fourth-order valence-electron chi connectivity index (χ4n) is 4.42. The van der Waals surface area contributed by atoms with Gasteiger partial charge in [-0.3, -0.25) is 10.1 Å². The summed E-state index contributed by atoms with van der Waals surface area (Å²) in [5, 5.41) is 5.55. The van der Waals surface area contributed by atoms with Gasteiger partial charge in [-0.1, -0.05) is 49.1 Å². The van der Waals surface area contributed by atoms with Gasteiger partial charge in [0.05, 0.1) is 27.1 Å². The molecular weight excluding hydrogens is 565 g/mol. The third-order valence-electron chi connectivity index (χ3n) is 6.57. The summed E-state index contributed by atoms with van der Waals surface area (Å²) in [6, 6.07) is 17.4. The largest absolute Gasteiger partial charge is 0.444 e. The van der Waals surface area contributed by atoms with E-state index >= 15 is 0 Å². The number of rotatable bonds is 8. The fraction of sp³-hybridized carbons (Fsp3) is 0.235. The van der Waals surface area contributed by atoms with Crippen molar-refractivity contribution in [1.29, 1.82) is 0 Å². The van der Waals surface area contributed by atoms with Crippen LogP contribution in [-0.2, 0) is 14.5 Å². The maximum atomic E-state index is 13.6. The lowest BCUT2D eigenvalue weighted by atomic mass is 10.0. The average molecular weight is 602 g/mol. The second-order valence-electron chi connectivity index (χ2n) is 11.1. The predicted molar refractivity (Wildman–Crippen MR) is 171 cm³/mol. The van der Waals surface area contributed by atoms with E-state index in [-0.39, 0.29) is 11.9 Å². The van der Waals surface area contributed by atoms with Crippen molar-refractivity contribution in [2.45, 2.75) is 50.7 Å². The standard InChI is InChI=1S/C34H36FN3O4S/c1-6-7-8-9-23(2)29-20-21-43(41,38-29)28-17-12-25(13-18-28)32(39)36-31-22-26(24-10-15-27(35)16-11-24)14-19-30(31)37-33(40)42-34(3,4)5/h6-19,22,29H,2,20-21H2,1,3-5H3,(H,36,39)(H,37,40)/b7-6-,9-8-/t29-,43?/m1/s1. The Morgan fingerprint density at radius 3 is 2.30 bits per heavy atom. The van der Waals surface area contributed by atoms with Crippen molar-refractivity contribution in [3.05, 3.63) is 115 Å². The first-order valence-electron chi connectivity index (χ1n) is 13.9. The molecule has 0 saturated heterocycles. The van der Waals surface area contributed by atoms with E-state index in [1.54, 1.807) is 75.4 Å². The summed E-state index contributed by atoms with van der Waals surface area (Å²) in [6.45, 7) is 11.3. The number of nitrogens with one attached hydrogen (secondary N) is 2. The zero-order chi connectivity index (χ0) is 31.2. The van der Waals surface area contributed by atoms with Crippen LogP contribution in [0.3, 0.4) is 0 Å². The van der Waals surface area contributed by atoms with Crippen LogP contribution in [-0.4, -0.2) is 33.6 Å². The van der Waals surface area contributed by atoms with Crippen molar-refractivity contribution >= 4 is 33.1 Å². The number of anilines is 2. The van der Waals surface area contributed by atoms with E-state index in [9.17, 15) is 18.2 Å². The predicted octanol–water partition coefficient (Wildman–Crippen LogP) is 8.38. The zero-order valence-electron chi connectivity index (χ0n) is 24.7. The molecule has 0 saturated carbocycles. The Labute approximate surface area is 252 Å². The molecule has 0 bridgehead atoms. The Hall–Kier alpha value is -4.50. The Bertz CT molecular complexity index is 1690. The SMILES string of the molecule is C=C(/C=C\C=C/C)[C@H]1CCS(=O)(c2ccc(C(=O)Nc3cc(-c4ccc(F)cc4)ccc3NC(=O)OC(C)(C)C)cc2)=N1. The Morgan fingerprint density at radius 2 is 1.65 bits per heavy atom. The molecule has 7 nitrogen and oxygen atoms in total. The summed E-state index contributed by atoms with van der Waals surface area (Å²) < 4.78 is 37.1. The van der Waals surface area contributed by atoms with Crippen LogP contribution in [0.4, 0.5) is 20.6 Å². The number of halogens is 1. The molecule has 2 N–H and O–H groups in total. The molecule has 3 aromatic carbocycles. The first kappa shape index (κ1) is 31.4. The molecule has 224 valence electrons. The maximum absolute atomic E-state index is 13.6. The van der Waals surface area contributed by atoms with E-state index in [0.717, 1.165) is 11.1 Å². The van der Waals surface area contributed by atoms with Gasteiger partial charge in [-0.25, -0.2) is 17.8 Å². The van der Waals surface area contributed by atoms with Gasteiger partial charge in [0.15, 0.2) is 0 Å². The van der Waals surface area contributed by atoms with Crippen LogP contribution in [0.1, 0.15) is 44.5 Å². The lowest BCUT2D eigenvalue weighted by Gasteiger charge is -2.21. The highest BCUT2D eigenvalue weighted by Gasteiger charge is 2.26. The average Bonchev–Trinajstić information content (AvgIpc) is 3.37. The Kier molecular flexibility index (Phi) is 9.66. The molecule has 0 spiro atoms. The lowest BCUT2D eigenvalue weighted by Crippen LogP contribution is -2.27. The van der Waals surface area contributed by atoms with Gasteiger partial charge in [0, 0.05) is 16.2 Å². The molecule has 2 amide bonds. The molecule has 0 aromatic heterocycles. The number of allylic oxidation sites excluding steroid dienone is 3. The summed E-state index contributed by atoms with van der Waals surface area (Å²) in [4.78, 5) is 26.4. The molecular formula is C34H36FN3O4S. The van der Waals surface area contributed by atoms with Gasteiger partial charge in [-0.15, -0.1) is 0 Å². The molecule has 1 heterocycles. The second-order valence-corrected chi connectivity index (χ2v) is 13.5. The topological polar surface area (TPSA) is 96.9 Å². The number of hydrogen-bond donors (Lipinski definition) is 2. The van der Waals surface area contributed by atoms with E-state index in [0.29, 0.717) is 39.6 Å². The molecule has 43 heavy (non-hydrogen) atoms. The number of amides is 2. The minimum absolute atomic E-state index is 0.221. The normalized spacial score (nSPS) is 18.4. The van der Waals surface area contributed by atoms with Crippen LogP contribution in [0.25, 0.3) is 11.1 Å². The van der Waals surface area contributed by atoms with Crippen molar-refractivity contribution in [2.75, 3.05) is 16.4 Å². The highest BCUT2D eigenvalue weighted by atomic mass is 32.2.